The van der Waals surface area contributed by atoms with E-state index in [2.05, 4.69) is 252 Å². The Morgan fingerprint density at radius 2 is 0.750 bits per heavy atom. The van der Waals surface area contributed by atoms with Crippen molar-refractivity contribution < 1.29 is 24.5 Å². The minimum Gasteiger partial charge on any atom is -0.456 e. The van der Waals surface area contributed by atoms with Gasteiger partial charge in [-0.3, -0.25) is 0 Å². The quantitative estimate of drug-likeness (QED) is 0.121. The predicted octanol–water partition coefficient (Wildman–Crippen LogP) is 20.7. The van der Waals surface area contributed by atoms with Crippen molar-refractivity contribution in [3.63, 3.8) is 0 Å². The summed E-state index contributed by atoms with van der Waals surface area (Å²) in [5, 5.41) is 2.24. The maximum absolute atomic E-state index is 6.32. The fraction of sp³-hybridized carbons (Fsp3) is 0.0506. The van der Waals surface area contributed by atoms with Gasteiger partial charge < -0.3 is 19.4 Å². The summed E-state index contributed by atoms with van der Waals surface area (Å²) >= 11 is 0. The van der Waals surface area contributed by atoms with E-state index in [1.807, 2.05) is 48.9 Å². The number of rotatable bonds is 11. The first kappa shape index (κ1) is 53.4. The van der Waals surface area contributed by atoms with Crippen molar-refractivity contribution in [3.8, 4) is 123 Å². The van der Waals surface area contributed by atoms with Gasteiger partial charge in [-0.2, -0.15) is 0 Å². The second-order valence-corrected chi connectivity index (χ2v) is 21.5. The Hall–Kier alpha value is -9.90. The molecule has 14 rings (SSSR count). The van der Waals surface area contributed by atoms with Crippen LogP contribution in [0.2, 0.25) is 0 Å². The van der Waals surface area contributed by atoms with E-state index in [-0.39, 0.29) is 20.1 Å². The molecule has 14 aromatic rings. The van der Waals surface area contributed by atoms with E-state index < -0.39 is 0 Å². The largest absolute Gasteiger partial charge is 3.00 e. The summed E-state index contributed by atoms with van der Waals surface area (Å²) in [4.78, 5) is 14.3. The van der Waals surface area contributed by atoms with E-state index in [0.717, 1.165) is 145 Å². The summed E-state index contributed by atoms with van der Waals surface area (Å²) in [5.74, 6) is 0. The molecule has 0 aliphatic rings. The van der Waals surface area contributed by atoms with Crippen LogP contribution in [0, 0.1) is 45.9 Å². The number of fused-ring (bicyclic) bond motifs is 3. The van der Waals surface area contributed by atoms with Crippen molar-refractivity contribution in [2.45, 2.75) is 27.7 Å². The number of hydrogen-bond acceptors (Lipinski definition) is 4. The van der Waals surface area contributed by atoms with Gasteiger partial charge in [-0.25, -0.2) is 0 Å². The molecule has 0 saturated heterocycles. The van der Waals surface area contributed by atoms with Gasteiger partial charge in [0.2, 0.25) is 0 Å². The number of aromatic nitrogens is 3. The molecule has 0 aliphatic carbocycles. The van der Waals surface area contributed by atoms with Gasteiger partial charge in [0.1, 0.15) is 11.2 Å². The third-order valence-electron chi connectivity index (χ3n) is 16.3. The Kier molecular flexibility index (Phi) is 14.5. The Morgan fingerprint density at radius 1 is 0.286 bits per heavy atom. The molecule has 0 N–H and O–H groups in total. The van der Waals surface area contributed by atoms with Crippen LogP contribution >= 0.6 is 0 Å². The van der Waals surface area contributed by atoms with Crippen LogP contribution in [-0.4, -0.2) is 15.0 Å². The number of nitrogens with zero attached hydrogens (tertiary/aromatic N) is 3. The van der Waals surface area contributed by atoms with Crippen LogP contribution in [-0.2, 0) is 20.1 Å². The fourth-order valence-electron chi connectivity index (χ4n) is 11.5. The number of benzene rings is 10. The van der Waals surface area contributed by atoms with Crippen molar-refractivity contribution in [3.05, 3.63) is 296 Å². The smallest absolute Gasteiger partial charge is 0.456 e. The molecule has 0 atom stereocenters. The zero-order valence-electron chi connectivity index (χ0n) is 46.8. The van der Waals surface area contributed by atoms with Crippen molar-refractivity contribution >= 4 is 21.9 Å². The molecule has 400 valence electrons. The Bertz CT molecular complexity index is 4600. The second kappa shape index (κ2) is 22.8. The summed E-state index contributed by atoms with van der Waals surface area (Å²) in [5.41, 5.74) is 29.5. The Morgan fingerprint density at radius 3 is 1.29 bits per heavy atom. The van der Waals surface area contributed by atoms with Gasteiger partial charge in [-0.15, -0.1) is 83.4 Å². The third kappa shape index (κ3) is 10.3. The molecule has 84 heavy (non-hydrogen) atoms. The molecule has 0 aliphatic heterocycles. The molecule has 0 saturated carbocycles. The fourth-order valence-corrected chi connectivity index (χ4v) is 11.5. The zero-order chi connectivity index (χ0) is 56.0. The number of hydrogen-bond donors (Lipinski definition) is 0. The maximum atomic E-state index is 6.32. The Balaban J connectivity index is 0.00000658. The molecule has 4 heterocycles. The number of furan rings is 1. The zero-order valence-corrected chi connectivity index (χ0v) is 49.2. The summed E-state index contributed by atoms with van der Waals surface area (Å²) in [6.07, 6.45) is 5.73. The predicted molar refractivity (Wildman–Crippen MR) is 342 cm³/mol. The van der Waals surface area contributed by atoms with E-state index in [1.54, 1.807) is 0 Å². The molecule has 0 unspecified atom stereocenters. The molecule has 0 bridgehead atoms. The van der Waals surface area contributed by atoms with Crippen LogP contribution in [0.4, 0.5) is 0 Å². The molecule has 4 aromatic heterocycles. The molecular weight excluding hydrogens is 1200 g/mol. The van der Waals surface area contributed by atoms with Crippen molar-refractivity contribution in [1.29, 1.82) is 0 Å². The summed E-state index contributed by atoms with van der Waals surface area (Å²) in [6.45, 7) is 8.45. The van der Waals surface area contributed by atoms with Gasteiger partial charge in [0.05, 0.1) is 0 Å². The first-order valence-corrected chi connectivity index (χ1v) is 28.1. The Labute approximate surface area is 504 Å². The molecule has 10 aromatic carbocycles. The van der Waals surface area contributed by atoms with Crippen molar-refractivity contribution in [1.82, 2.24) is 15.0 Å². The van der Waals surface area contributed by atoms with Gasteiger partial charge in [0, 0.05) is 29.4 Å². The van der Waals surface area contributed by atoms with E-state index in [0.29, 0.717) is 0 Å². The first-order chi connectivity index (χ1) is 40.8. The molecule has 0 spiro atoms. The topological polar surface area (TPSA) is 51.8 Å². The third-order valence-corrected chi connectivity index (χ3v) is 16.3. The summed E-state index contributed by atoms with van der Waals surface area (Å²) < 4.78 is 6.32. The monoisotopic (exact) mass is 1250 g/mol. The second-order valence-electron chi connectivity index (χ2n) is 21.5. The van der Waals surface area contributed by atoms with Crippen LogP contribution in [0.5, 0.6) is 0 Å². The average Bonchev–Trinajstić information content (AvgIpc) is 2.48. The van der Waals surface area contributed by atoms with Crippen LogP contribution in [0.15, 0.2) is 260 Å². The minimum atomic E-state index is 0. The molecule has 4 nitrogen and oxygen atoms in total. The average molecular weight is 1250 g/mol. The van der Waals surface area contributed by atoms with Crippen LogP contribution < -0.4 is 0 Å². The number of para-hydroxylation sites is 1. The first-order valence-electron chi connectivity index (χ1n) is 28.1. The maximum Gasteiger partial charge on any atom is 3.00 e. The number of pyridine rings is 3. The van der Waals surface area contributed by atoms with E-state index in [4.69, 9.17) is 19.4 Å². The molecule has 5 heteroatoms. The SMILES string of the molecule is Cc1cnc(-c2[c-]cc(-c3ccccc3-c3cc(-c4ccccc4-c4c[c-]c(-c5cc(C)c(C)cn5)cc4)cc(-c4ccccc4-c4c[c-]c(-c5ccccn5)cc4-c4ccc(-c5ccc6c(c5)oc5ccccc56)cc4)c3)cc2)cc1C.[Ir+3]. The standard InChI is InChI=1S/C79H54N3O.Ir/c1-50-41-76(81-48-52(50)3)58-32-28-55(29-33-58)65-15-5-7-17-67(65)62-43-63(68-18-8-6-16-66(68)56-30-34-59(35-31-56)77-42-51(2)53(4)49-82-77)45-64(44-62)69-19-9-10-20-70(69)71-38-37-61(75-22-13-14-40-80-75)46-74(71)57-26-24-54(25-27-57)60-36-39-73-72-21-11-12-23-78(72)83-79(73)47-60;/h5-32,34,36,38-49H,1-4H3;/q-3;+3. The minimum absolute atomic E-state index is 0. The van der Waals surface area contributed by atoms with Crippen LogP contribution in [0.3, 0.4) is 0 Å². The molecule has 0 radical (unpaired) electrons. The van der Waals surface area contributed by atoms with Crippen LogP contribution in [0.25, 0.3) is 145 Å². The van der Waals surface area contributed by atoms with E-state index >= 15 is 0 Å². The molecular formula is C79H54IrN3O. The normalized spacial score (nSPS) is 11.2. The number of aryl methyl sites for hydroxylation is 4. The van der Waals surface area contributed by atoms with Gasteiger partial charge >= 0.3 is 20.1 Å². The van der Waals surface area contributed by atoms with Gasteiger partial charge in [0.15, 0.2) is 0 Å². The van der Waals surface area contributed by atoms with E-state index in [1.165, 1.54) is 22.3 Å². The summed E-state index contributed by atoms with van der Waals surface area (Å²) in [6, 6.07) is 95.4. The van der Waals surface area contributed by atoms with Gasteiger partial charge in [-0.05, 0) is 148 Å². The van der Waals surface area contributed by atoms with Gasteiger partial charge in [-0.1, -0.05) is 196 Å². The molecule has 0 amide bonds. The van der Waals surface area contributed by atoms with Crippen molar-refractivity contribution in [2.24, 2.45) is 0 Å². The van der Waals surface area contributed by atoms with E-state index in [9.17, 15) is 0 Å². The summed E-state index contributed by atoms with van der Waals surface area (Å²) in [7, 11) is 0. The van der Waals surface area contributed by atoms with Crippen LogP contribution in [0.1, 0.15) is 22.3 Å². The van der Waals surface area contributed by atoms with Gasteiger partial charge in [0.25, 0.3) is 0 Å². The van der Waals surface area contributed by atoms with Crippen molar-refractivity contribution in [2.75, 3.05) is 0 Å². The molecule has 0 fully saturated rings.